The largest absolute Gasteiger partial charge is 0.384 e. The summed E-state index contributed by atoms with van der Waals surface area (Å²) >= 11 is 0. The third kappa shape index (κ3) is 3.14. The molecule has 0 aromatic carbocycles. The van der Waals surface area contributed by atoms with E-state index in [1.807, 2.05) is 7.11 Å². The van der Waals surface area contributed by atoms with Gasteiger partial charge in [0.05, 0.1) is 12.7 Å². The smallest absolute Gasteiger partial charge is 0.168 e. The molecule has 1 aliphatic heterocycles. The van der Waals surface area contributed by atoms with Crippen molar-refractivity contribution < 1.29 is 14.2 Å². The van der Waals surface area contributed by atoms with E-state index in [1.165, 1.54) is 44.9 Å². The molecular weight excluding hydrogens is 240 g/mol. The van der Waals surface area contributed by atoms with Crippen LogP contribution in [0.4, 0.5) is 0 Å². The molecule has 0 bridgehead atoms. The van der Waals surface area contributed by atoms with Crippen LogP contribution in [0.25, 0.3) is 0 Å². The van der Waals surface area contributed by atoms with Gasteiger partial charge in [-0.25, -0.2) is 0 Å². The maximum Gasteiger partial charge on any atom is 0.168 e. The average molecular weight is 268 g/mol. The van der Waals surface area contributed by atoms with Gasteiger partial charge < -0.3 is 14.2 Å². The van der Waals surface area contributed by atoms with Gasteiger partial charge in [0.1, 0.15) is 0 Å². The summed E-state index contributed by atoms with van der Waals surface area (Å²) < 4.78 is 17.7. The maximum atomic E-state index is 6.37. The minimum Gasteiger partial charge on any atom is -0.384 e. The van der Waals surface area contributed by atoms with Crippen molar-refractivity contribution in [3.05, 3.63) is 0 Å². The standard InChI is InChI=1S/C16H28O3/c1-17-11-13-5-7-14(8-6-13)15-12-18-16(19-15)9-3-2-4-10-16/h13-15H,2-12H2,1H3. The molecule has 1 unspecified atom stereocenters. The predicted molar refractivity (Wildman–Crippen MR) is 74.0 cm³/mol. The summed E-state index contributed by atoms with van der Waals surface area (Å²) in [5, 5.41) is 0. The van der Waals surface area contributed by atoms with Crippen molar-refractivity contribution in [2.45, 2.75) is 69.7 Å². The Labute approximate surface area is 117 Å². The molecule has 0 aromatic heterocycles. The molecule has 1 heterocycles. The first-order valence-corrected chi connectivity index (χ1v) is 8.12. The van der Waals surface area contributed by atoms with Crippen molar-refractivity contribution in [3.63, 3.8) is 0 Å². The Morgan fingerprint density at radius 3 is 2.47 bits per heavy atom. The van der Waals surface area contributed by atoms with Crippen LogP contribution in [-0.2, 0) is 14.2 Å². The SMILES string of the molecule is COCC1CCC(C2COC3(CCCCC3)O2)CC1. The lowest BCUT2D eigenvalue weighted by Crippen LogP contribution is -2.35. The third-order valence-corrected chi connectivity index (χ3v) is 5.31. The molecule has 110 valence electrons. The van der Waals surface area contributed by atoms with Crippen LogP contribution in [0.5, 0.6) is 0 Å². The highest BCUT2D eigenvalue weighted by Gasteiger charge is 2.45. The van der Waals surface area contributed by atoms with Gasteiger partial charge in [0.2, 0.25) is 0 Å². The normalized spacial score (nSPS) is 38.7. The van der Waals surface area contributed by atoms with Crippen molar-refractivity contribution >= 4 is 0 Å². The van der Waals surface area contributed by atoms with Crippen LogP contribution in [0.15, 0.2) is 0 Å². The molecule has 1 saturated heterocycles. The monoisotopic (exact) mass is 268 g/mol. The van der Waals surface area contributed by atoms with Crippen LogP contribution >= 0.6 is 0 Å². The first-order valence-electron chi connectivity index (χ1n) is 8.12. The average Bonchev–Trinajstić information content (AvgIpc) is 2.85. The minimum absolute atomic E-state index is 0.188. The highest BCUT2D eigenvalue weighted by molar-refractivity contribution is 4.87. The number of ether oxygens (including phenoxy) is 3. The van der Waals surface area contributed by atoms with Gasteiger partial charge in [-0.15, -0.1) is 0 Å². The van der Waals surface area contributed by atoms with Crippen molar-refractivity contribution in [1.29, 1.82) is 0 Å². The van der Waals surface area contributed by atoms with E-state index in [2.05, 4.69) is 0 Å². The summed E-state index contributed by atoms with van der Waals surface area (Å²) in [5.41, 5.74) is 0. The van der Waals surface area contributed by atoms with E-state index < -0.39 is 0 Å². The van der Waals surface area contributed by atoms with Crippen LogP contribution in [0.2, 0.25) is 0 Å². The predicted octanol–water partition coefficient (Wildman–Crippen LogP) is 3.52. The highest BCUT2D eigenvalue weighted by Crippen LogP contribution is 2.42. The molecule has 19 heavy (non-hydrogen) atoms. The Hall–Kier alpha value is -0.120. The van der Waals surface area contributed by atoms with E-state index in [0.29, 0.717) is 6.10 Å². The lowest BCUT2D eigenvalue weighted by molar-refractivity contribution is -0.192. The molecule has 3 heteroatoms. The van der Waals surface area contributed by atoms with Crippen molar-refractivity contribution in [2.24, 2.45) is 11.8 Å². The highest BCUT2D eigenvalue weighted by atomic mass is 16.7. The maximum absolute atomic E-state index is 6.37. The Bertz CT molecular complexity index is 278. The van der Waals surface area contributed by atoms with E-state index >= 15 is 0 Å². The first-order chi connectivity index (χ1) is 9.31. The van der Waals surface area contributed by atoms with Gasteiger partial charge in [-0.3, -0.25) is 0 Å². The Balaban J connectivity index is 1.49. The summed E-state index contributed by atoms with van der Waals surface area (Å²) in [7, 11) is 1.81. The van der Waals surface area contributed by atoms with Gasteiger partial charge in [0, 0.05) is 26.6 Å². The van der Waals surface area contributed by atoms with Crippen molar-refractivity contribution in [3.8, 4) is 0 Å². The molecule has 2 saturated carbocycles. The fraction of sp³-hybridized carbons (Fsp3) is 1.00. The van der Waals surface area contributed by atoms with Crippen LogP contribution in [0.1, 0.15) is 57.8 Å². The minimum atomic E-state index is -0.188. The van der Waals surface area contributed by atoms with E-state index in [0.717, 1.165) is 37.9 Å². The van der Waals surface area contributed by atoms with Crippen LogP contribution in [0.3, 0.4) is 0 Å². The molecule has 3 rings (SSSR count). The van der Waals surface area contributed by atoms with Gasteiger partial charge in [0.15, 0.2) is 5.79 Å². The fourth-order valence-electron chi connectivity index (χ4n) is 4.13. The van der Waals surface area contributed by atoms with Crippen LogP contribution in [-0.4, -0.2) is 32.2 Å². The van der Waals surface area contributed by atoms with Gasteiger partial charge >= 0.3 is 0 Å². The Morgan fingerprint density at radius 2 is 1.79 bits per heavy atom. The second-order valence-corrected chi connectivity index (χ2v) is 6.67. The molecule has 3 fully saturated rings. The van der Waals surface area contributed by atoms with E-state index in [9.17, 15) is 0 Å². The molecule has 1 spiro atoms. The summed E-state index contributed by atoms with van der Waals surface area (Å²) in [4.78, 5) is 0. The molecular formula is C16H28O3. The van der Waals surface area contributed by atoms with E-state index in [-0.39, 0.29) is 5.79 Å². The molecule has 0 amide bonds. The molecule has 2 aliphatic carbocycles. The second kappa shape index (κ2) is 6.11. The van der Waals surface area contributed by atoms with Crippen LogP contribution < -0.4 is 0 Å². The third-order valence-electron chi connectivity index (χ3n) is 5.31. The van der Waals surface area contributed by atoms with Gasteiger partial charge in [0.25, 0.3) is 0 Å². The zero-order chi connectivity index (χ0) is 13.1. The summed E-state index contributed by atoms with van der Waals surface area (Å²) in [5.74, 6) is 1.30. The van der Waals surface area contributed by atoms with Crippen molar-refractivity contribution in [2.75, 3.05) is 20.3 Å². The number of hydrogen-bond donors (Lipinski definition) is 0. The molecule has 0 aromatic rings. The summed E-state index contributed by atoms with van der Waals surface area (Å²) in [6.45, 7) is 1.76. The number of rotatable bonds is 3. The number of methoxy groups -OCH3 is 1. The van der Waals surface area contributed by atoms with Gasteiger partial charge in [-0.05, 0) is 50.4 Å². The van der Waals surface area contributed by atoms with E-state index in [1.54, 1.807) is 0 Å². The Morgan fingerprint density at radius 1 is 1.05 bits per heavy atom. The second-order valence-electron chi connectivity index (χ2n) is 6.67. The fourth-order valence-corrected chi connectivity index (χ4v) is 4.13. The molecule has 3 nitrogen and oxygen atoms in total. The van der Waals surface area contributed by atoms with Crippen LogP contribution in [0, 0.1) is 11.8 Å². The topological polar surface area (TPSA) is 27.7 Å². The summed E-state index contributed by atoms with van der Waals surface area (Å²) in [6.07, 6.45) is 11.7. The first kappa shape index (κ1) is 13.8. The number of hydrogen-bond acceptors (Lipinski definition) is 3. The summed E-state index contributed by atoms with van der Waals surface area (Å²) in [6, 6.07) is 0. The lowest BCUT2D eigenvalue weighted by Gasteiger charge is -2.34. The molecule has 0 radical (unpaired) electrons. The van der Waals surface area contributed by atoms with E-state index in [4.69, 9.17) is 14.2 Å². The lowest BCUT2D eigenvalue weighted by atomic mass is 9.80. The molecule has 1 atom stereocenters. The molecule has 0 N–H and O–H groups in total. The zero-order valence-corrected chi connectivity index (χ0v) is 12.2. The van der Waals surface area contributed by atoms with Gasteiger partial charge in [-0.1, -0.05) is 6.42 Å². The quantitative estimate of drug-likeness (QED) is 0.784. The van der Waals surface area contributed by atoms with Gasteiger partial charge in [-0.2, -0.15) is 0 Å². The zero-order valence-electron chi connectivity index (χ0n) is 12.2. The molecule has 3 aliphatic rings. The Kier molecular flexibility index (Phi) is 4.45. The van der Waals surface area contributed by atoms with Crippen molar-refractivity contribution in [1.82, 2.24) is 0 Å².